The number of anilines is 1. The smallest absolute Gasteiger partial charge is 0.225 e. The van der Waals surface area contributed by atoms with Crippen LogP contribution >= 0.6 is 0 Å². The van der Waals surface area contributed by atoms with Crippen molar-refractivity contribution in [2.45, 2.75) is 57.4 Å². The molecule has 7 heteroatoms. The van der Waals surface area contributed by atoms with Crippen molar-refractivity contribution in [2.75, 3.05) is 57.4 Å². The third kappa shape index (κ3) is 5.20. The second kappa shape index (κ2) is 10.4. The van der Waals surface area contributed by atoms with Gasteiger partial charge < -0.3 is 19.7 Å². The van der Waals surface area contributed by atoms with Crippen molar-refractivity contribution in [2.24, 2.45) is 11.8 Å². The van der Waals surface area contributed by atoms with E-state index in [9.17, 15) is 4.79 Å². The number of amides is 1. The minimum Gasteiger partial charge on any atom is -0.489 e. The van der Waals surface area contributed by atoms with Gasteiger partial charge in [-0.15, -0.1) is 0 Å². The lowest BCUT2D eigenvalue weighted by Crippen LogP contribution is -2.47. The van der Waals surface area contributed by atoms with Crippen LogP contribution in [0.4, 0.5) is 5.82 Å². The molecule has 1 N–H and O–H groups in total. The second-order valence-corrected chi connectivity index (χ2v) is 9.98. The number of rotatable bonds is 6. The number of aromatic nitrogens is 1. The van der Waals surface area contributed by atoms with Crippen LogP contribution in [-0.2, 0) is 16.0 Å². The Balaban J connectivity index is 1.00. The van der Waals surface area contributed by atoms with E-state index in [1.54, 1.807) is 0 Å². The summed E-state index contributed by atoms with van der Waals surface area (Å²) < 4.78 is 11.3. The molecule has 176 valence electrons. The average molecular weight is 443 g/mol. The second-order valence-electron chi connectivity index (χ2n) is 9.98. The molecule has 1 aromatic rings. The first-order chi connectivity index (χ1) is 15.8. The molecule has 0 aromatic carbocycles. The van der Waals surface area contributed by atoms with E-state index in [4.69, 9.17) is 9.47 Å². The molecule has 7 nitrogen and oxygen atoms in total. The molecule has 1 atom stereocenters. The highest BCUT2D eigenvalue weighted by atomic mass is 16.5. The standard InChI is InChI=1S/C25H38N4O3/c30-25(21-2-1-16-31-18-21)27-22-5-3-19(4-6-22)8-11-28-12-14-29(15-13-28)24-23-20(7-10-26-24)9-17-32-23/h7,10,19,21-22H,1-6,8-9,11-18H2,(H,27,30)/t19?,21-,22?/m0/s1. The van der Waals surface area contributed by atoms with Crippen molar-refractivity contribution in [1.29, 1.82) is 0 Å². The highest BCUT2D eigenvalue weighted by Crippen LogP contribution is 2.34. The van der Waals surface area contributed by atoms with Gasteiger partial charge in [0.1, 0.15) is 0 Å². The van der Waals surface area contributed by atoms with Crippen molar-refractivity contribution in [3.63, 3.8) is 0 Å². The first-order valence-electron chi connectivity index (χ1n) is 12.7. The Labute approximate surface area is 191 Å². The number of nitrogens with one attached hydrogen (secondary N) is 1. The molecule has 0 radical (unpaired) electrons. The lowest BCUT2D eigenvalue weighted by molar-refractivity contribution is -0.130. The third-order valence-electron chi connectivity index (χ3n) is 7.83. The predicted octanol–water partition coefficient (Wildman–Crippen LogP) is 2.63. The molecule has 5 rings (SSSR count). The zero-order chi connectivity index (χ0) is 21.8. The highest BCUT2D eigenvalue weighted by Gasteiger charge is 2.28. The average Bonchev–Trinajstić information content (AvgIpc) is 3.34. The van der Waals surface area contributed by atoms with Gasteiger partial charge in [0.05, 0.1) is 19.1 Å². The topological polar surface area (TPSA) is 66.9 Å². The lowest BCUT2D eigenvalue weighted by Gasteiger charge is -2.37. The zero-order valence-electron chi connectivity index (χ0n) is 19.3. The van der Waals surface area contributed by atoms with Crippen molar-refractivity contribution in [3.05, 3.63) is 17.8 Å². The Morgan fingerprint density at radius 2 is 1.94 bits per heavy atom. The van der Waals surface area contributed by atoms with E-state index < -0.39 is 0 Å². The van der Waals surface area contributed by atoms with Crippen molar-refractivity contribution < 1.29 is 14.3 Å². The Morgan fingerprint density at radius 1 is 1.09 bits per heavy atom. The van der Waals surface area contributed by atoms with Crippen LogP contribution in [-0.4, -0.2) is 74.4 Å². The fraction of sp³-hybridized carbons (Fsp3) is 0.760. The summed E-state index contributed by atoms with van der Waals surface area (Å²) >= 11 is 0. The predicted molar refractivity (Wildman–Crippen MR) is 124 cm³/mol. The summed E-state index contributed by atoms with van der Waals surface area (Å²) in [5, 5.41) is 3.30. The molecular weight excluding hydrogens is 404 g/mol. The van der Waals surface area contributed by atoms with E-state index >= 15 is 0 Å². The number of hydrogen-bond acceptors (Lipinski definition) is 6. The first kappa shape index (κ1) is 22.0. The molecule has 1 aliphatic carbocycles. The molecule has 0 unspecified atom stereocenters. The van der Waals surface area contributed by atoms with Crippen LogP contribution < -0.4 is 15.0 Å². The van der Waals surface area contributed by atoms with Gasteiger partial charge in [-0.25, -0.2) is 4.98 Å². The van der Waals surface area contributed by atoms with E-state index in [1.807, 2.05) is 6.20 Å². The van der Waals surface area contributed by atoms with E-state index in [1.165, 1.54) is 31.4 Å². The maximum absolute atomic E-state index is 12.5. The monoisotopic (exact) mass is 442 g/mol. The number of carbonyl (C=O) groups excluding carboxylic acids is 1. The number of pyridine rings is 1. The molecule has 3 aliphatic heterocycles. The van der Waals surface area contributed by atoms with Crippen LogP contribution in [0.3, 0.4) is 0 Å². The number of nitrogens with zero attached hydrogens (tertiary/aromatic N) is 3. The molecule has 1 amide bonds. The summed E-state index contributed by atoms with van der Waals surface area (Å²) in [6.45, 7) is 7.63. The Kier molecular flexibility index (Phi) is 7.13. The molecule has 4 aliphatic rings. The number of carbonyl (C=O) groups is 1. The largest absolute Gasteiger partial charge is 0.489 e. The van der Waals surface area contributed by atoms with E-state index in [2.05, 4.69) is 26.2 Å². The first-order valence-corrected chi connectivity index (χ1v) is 12.7. The molecule has 1 aromatic heterocycles. The molecule has 2 saturated heterocycles. The molecule has 0 spiro atoms. The maximum Gasteiger partial charge on any atom is 0.225 e. The third-order valence-corrected chi connectivity index (χ3v) is 7.83. The minimum absolute atomic E-state index is 0.0684. The minimum atomic E-state index is 0.0684. The van der Waals surface area contributed by atoms with Crippen molar-refractivity contribution in [3.8, 4) is 5.75 Å². The van der Waals surface area contributed by atoms with Gasteiger partial charge in [-0.2, -0.15) is 0 Å². The Morgan fingerprint density at radius 3 is 2.72 bits per heavy atom. The van der Waals surface area contributed by atoms with Crippen molar-refractivity contribution >= 4 is 11.7 Å². The summed E-state index contributed by atoms with van der Waals surface area (Å²) in [4.78, 5) is 22.1. The summed E-state index contributed by atoms with van der Waals surface area (Å²) in [7, 11) is 0. The fourth-order valence-electron chi connectivity index (χ4n) is 5.73. The van der Waals surface area contributed by atoms with Crippen LogP contribution in [0.2, 0.25) is 0 Å². The quantitative estimate of drug-likeness (QED) is 0.731. The fourth-order valence-corrected chi connectivity index (χ4v) is 5.73. The number of hydrogen-bond donors (Lipinski definition) is 1. The Hall–Kier alpha value is -1.86. The zero-order valence-corrected chi connectivity index (χ0v) is 19.3. The molecule has 4 heterocycles. The lowest BCUT2D eigenvalue weighted by atomic mass is 9.83. The van der Waals surface area contributed by atoms with Crippen LogP contribution in [0, 0.1) is 11.8 Å². The van der Waals surface area contributed by atoms with E-state index in [0.717, 1.165) is 89.0 Å². The van der Waals surface area contributed by atoms with Gasteiger partial charge >= 0.3 is 0 Å². The molecule has 32 heavy (non-hydrogen) atoms. The summed E-state index contributed by atoms with van der Waals surface area (Å²) in [6, 6.07) is 2.46. The van der Waals surface area contributed by atoms with Crippen LogP contribution in [0.25, 0.3) is 0 Å². The van der Waals surface area contributed by atoms with Crippen LogP contribution in [0.15, 0.2) is 12.3 Å². The van der Waals surface area contributed by atoms with Gasteiger partial charge in [0, 0.05) is 57.0 Å². The highest BCUT2D eigenvalue weighted by molar-refractivity contribution is 5.79. The van der Waals surface area contributed by atoms with Crippen LogP contribution in [0.5, 0.6) is 5.75 Å². The van der Waals surface area contributed by atoms with Gasteiger partial charge in [0.25, 0.3) is 0 Å². The van der Waals surface area contributed by atoms with Gasteiger partial charge in [-0.3, -0.25) is 9.69 Å². The van der Waals surface area contributed by atoms with Gasteiger partial charge in [-0.05, 0) is 63.5 Å². The molecule has 1 saturated carbocycles. The summed E-state index contributed by atoms with van der Waals surface area (Å²) in [6.07, 6.45) is 10.9. The van der Waals surface area contributed by atoms with E-state index in [-0.39, 0.29) is 11.8 Å². The normalized spacial score (nSPS) is 28.8. The summed E-state index contributed by atoms with van der Waals surface area (Å²) in [5.41, 5.74) is 1.30. The molecule has 0 bridgehead atoms. The molecular formula is C25H38N4O3. The van der Waals surface area contributed by atoms with Gasteiger partial charge in [0.2, 0.25) is 5.91 Å². The van der Waals surface area contributed by atoms with E-state index in [0.29, 0.717) is 12.6 Å². The number of fused-ring (bicyclic) bond motifs is 1. The summed E-state index contributed by atoms with van der Waals surface area (Å²) in [5.74, 6) is 3.14. The number of ether oxygens (including phenoxy) is 2. The maximum atomic E-state index is 12.5. The molecule has 3 fully saturated rings. The van der Waals surface area contributed by atoms with Gasteiger partial charge in [0.15, 0.2) is 11.6 Å². The SMILES string of the molecule is O=C(NC1CCC(CCN2CCN(c3nccc4c3OCC4)CC2)CC1)[C@H]1CCCOC1. The Bertz CT molecular complexity index is 766. The van der Waals surface area contributed by atoms with Crippen molar-refractivity contribution in [1.82, 2.24) is 15.2 Å². The van der Waals surface area contributed by atoms with Crippen LogP contribution in [0.1, 0.15) is 50.5 Å². The number of piperazine rings is 1. The van der Waals surface area contributed by atoms with Gasteiger partial charge in [-0.1, -0.05) is 0 Å².